The van der Waals surface area contributed by atoms with Crippen LogP contribution < -0.4 is 15.8 Å². The maximum atomic E-state index is 11.9. The number of benzene rings is 2. The van der Waals surface area contributed by atoms with Gasteiger partial charge in [-0.25, -0.2) is 0 Å². The van der Waals surface area contributed by atoms with E-state index in [1.54, 1.807) is 13.2 Å². The van der Waals surface area contributed by atoms with Crippen molar-refractivity contribution in [2.45, 2.75) is 5.50 Å². The van der Waals surface area contributed by atoms with E-state index < -0.39 is 5.50 Å². The number of thiol groups is 1. The minimum atomic E-state index is -0.396. The van der Waals surface area contributed by atoms with Crippen LogP contribution in [0.3, 0.4) is 0 Å². The van der Waals surface area contributed by atoms with Gasteiger partial charge in [0.25, 0.3) is 0 Å². The van der Waals surface area contributed by atoms with Gasteiger partial charge < -0.3 is 20.7 Å². The van der Waals surface area contributed by atoms with Crippen LogP contribution in [0.5, 0.6) is 5.75 Å². The minimum absolute atomic E-state index is 0.159. The Labute approximate surface area is 140 Å². The smallest absolute Gasteiger partial charge is 0.248 e. The maximum Gasteiger partial charge on any atom is 0.248 e. The van der Waals surface area contributed by atoms with Crippen LogP contribution in [0.4, 0.5) is 0 Å². The number of hydrogen-bond donors (Lipinski definition) is 3. The van der Waals surface area contributed by atoms with Crippen LogP contribution in [0.25, 0.3) is 16.5 Å². The molecule has 23 heavy (non-hydrogen) atoms. The molecular formula is C17H19N3O2S. The third-order valence-corrected chi connectivity index (χ3v) is 4.30. The minimum Gasteiger partial charge on any atom is -0.496 e. The lowest BCUT2D eigenvalue weighted by molar-refractivity contribution is -0.117. The highest BCUT2D eigenvalue weighted by molar-refractivity contribution is 7.80. The van der Waals surface area contributed by atoms with Crippen LogP contribution in [0.1, 0.15) is 5.56 Å². The van der Waals surface area contributed by atoms with Crippen molar-refractivity contribution in [2.24, 2.45) is 5.73 Å². The van der Waals surface area contributed by atoms with E-state index in [0.717, 1.165) is 27.8 Å². The molecule has 1 amide bonds. The SMILES string of the molecule is COc1ccc(C2=CC(=O)NC(S)N2CCN)c2ccccc12. The number of carbonyl (C=O) groups is 1. The van der Waals surface area contributed by atoms with E-state index in [0.29, 0.717) is 13.1 Å². The van der Waals surface area contributed by atoms with Crippen molar-refractivity contribution in [1.29, 1.82) is 0 Å². The number of rotatable bonds is 4. The summed E-state index contributed by atoms with van der Waals surface area (Å²) < 4.78 is 5.44. The second-order valence-electron chi connectivity index (χ2n) is 5.25. The number of amides is 1. The van der Waals surface area contributed by atoms with Crippen molar-refractivity contribution >= 4 is 35.0 Å². The predicted octanol–water partition coefficient (Wildman–Crippen LogP) is 1.79. The molecule has 5 nitrogen and oxygen atoms in total. The zero-order valence-electron chi connectivity index (χ0n) is 12.8. The van der Waals surface area contributed by atoms with Crippen LogP contribution in [0.2, 0.25) is 0 Å². The second kappa shape index (κ2) is 6.52. The summed E-state index contributed by atoms with van der Waals surface area (Å²) in [6, 6.07) is 11.9. The molecule has 1 heterocycles. The largest absolute Gasteiger partial charge is 0.496 e. The van der Waals surface area contributed by atoms with E-state index in [-0.39, 0.29) is 5.91 Å². The zero-order valence-corrected chi connectivity index (χ0v) is 13.7. The molecule has 3 N–H and O–H groups in total. The Kier molecular flexibility index (Phi) is 4.45. The first kappa shape index (κ1) is 15.7. The summed E-state index contributed by atoms with van der Waals surface area (Å²) in [5, 5.41) is 4.81. The normalized spacial score (nSPS) is 17.9. The van der Waals surface area contributed by atoms with Gasteiger partial charge in [0.2, 0.25) is 5.91 Å². The molecule has 0 saturated carbocycles. The van der Waals surface area contributed by atoms with Gasteiger partial charge in [0.05, 0.1) is 12.8 Å². The first-order valence-electron chi connectivity index (χ1n) is 7.39. The molecule has 2 aromatic carbocycles. The van der Waals surface area contributed by atoms with Gasteiger partial charge in [-0.15, -0.1) is 12.6 Å². The highest BCUT2D eigenvalue weighted by Crippen LogP contribution is 2.34. The second-order valence-corrected chi connectivity index (χ2v) is 5.74. The van der Waals surface area contributed by atoms with Gasteiger partial charge in [0.15, 0.2) is 0 Å². The van der Waals surface area contributed by atoms with Gasteiger partial charge in [0, 0.05) is 30.1 Å². The van der Waals surface area contributed by atoms with E-state index in [1.807, 2.05) is 41.3 Å². The van der Waals surface area contributed by atoms with Gasteiger partial charge in [-0.2, -0.15) is 0 Å². The average molecular weight is 329 g/mol. The van der Waals surface area contributed by atoms with Crippen molar-refractivity contribution in [3.05, 3.63) is 48.0 Å². The fraction of sp³-hybridized carbons (Fsp3) is 0.235. The van der Waals surface area contributed by atoms with Gasteiger partial charge in [-0.05, 0) is 17.5 Å². The lowest BCUT2D eigenvalue weighted by Crippen LogP contribution is -2.48. The molecule has 1 atom stereocenters. The number of nitrogens with one attached hydrogen (secondary N) is 1. The topological polar surface area (TPSA) is 67.6 Å². The Morgan fingerprint density at radius 3 is 2.70 bits per heavy atom. The fourth-order valence-corrected chi connectivity index (χ4v) is 3.24. The Hall–Kier alpha value is -2.18. The molecule has 0 fully saturated rings. The molecule has 1 aliphatic rings. The quantitative estimate of drug-likeness (QED) is 0.748. The summed E-state index contributed by atoms with van der Waals surface area (Å²) in [5.41, 5.74) is 7.10. The lowest BCUT2D eigenvalue weighted by atomic mass is 9.99. The summed E-state index contributed by atoms with van der Waals surface area (Å²) >= 11 is 4.47. The first-order chi connectivity index (χ1) is 11.2. The van der Waals surface area contributed by atoms with E-state index in [2.05, 4.69) is 17.9 Å². The average Bonchev–Trinajstić information content (AvgIpc) is 2.56. The van der Waals surface area contributed by atoms with Crippen molar-refractivity contribution in [1.82, 2.24) is 10.2 Å². The van der Waals surface area contributed by atoms with E-state index in [1.165, 1.54) is 0 Å². The monoisotopic (exact) mass is 329 g/mol. The van der Waals surface area contributed by atoms with E-state index >= 15 is 0 Å². The Balaban J connectivity index is 2.20. The molecule has 0 radical (unpaired) electrons. The lowest BCUT2D eigenvalue weighted by Gasteiger charge is -2.36. The zero-order chi connectivity index (χ0) is 16.4. The van der Waals surface area contributed by atoms with Crippen molar-refractivity contribution in [3.63, 3.8) is 0 Å². The molecular weight excluding hydrogens is 310 g/mol. The number of nitrogens with zero attached hydrogens (tertiary/aromatic N) is 1. The maximum absolute atomic E-state index is 11.9. The summed E-state index contributed by atoms with van der Waals surface area (Å²) in [6.07, 6.45) is 1.59. The number of nitrogens with two attached hydrogens (primary N) is 1. The van der Waals surface area contributed by atoms with Crippen molar-refractivity contribution in [3.8, 4) is 5.75 Å². The molecule has 2 aromatic rings. The molecule has 120 valence electrons. The molecule has 0 saturated heterocycles. The third kappa shape index (κ3) is 2.87. The summed E-state index contributed by atoms with van der Waals surface area (Å²) in [5.74, 6) is 0.645. The molecule has 0 spiro atoms. The van der Waals surface area contributed by atoms with Crippen LogP contribution in [0.15, 0.2) is 42.5 Å². The summed E-state index contributed by atoms with van der Waals surface area (Å²) in [6.45, 7) is 1.07. The van der Waals surface area contributed by atoms with E-state index in [4.69, 9.17) is 10.5 Å². The third-order valence-electron chi connectivity index (χ3n) is 3.89. The predicted molar refractivity (Wildman–Crippen MR) is 95.2 cm³/mol. The van der Waals surface area contributed by atoms with Crippen LogP contribution in [-0.2, 0) is 4.79 Å². The Morgan fingerprint density at radius 1 is 1.26 bits per heavy atom. The van der Waals surface area contributed by atoms with E-state index in [9.17, 15) is 4.79 Å². The van der Waals surface area contributed by atoms with Gasteiger partial charge >= 0.3 is 0 Å². The number of methoxy groups -OCH3 is 1. The number of fused-ring (bicyclic) bond motifs is 1. The standard InChI is InChI=1S/C17H19N3O2S/c1-22-15-7-6-12(11-4-2-3-5-13(11)15)14-10-16(21)19-17(23)20(14)9-8-18/h2-7,10,17,23H,8-9,18H2,1H3,(H,19,21). The van der Waals surface area contributed by atoms with Gasteiger partial charge in [-0.1, -0.05) is 24.3 Å². The molecule has 1 unspecified atom stereocenters. The molecule has 1 aliphatic heterocycles. The fourth-order valence-electron chi connectivity index (χ4n) is 2.87. The summed E-state index contributed by atoms with van der Waals surface area (Å²) in [4.78, 5) is 13.9. The Morgan fingerprint density at radius 2 is 2.00 bits per heavy atom. The number of hydrogen-bond acceptors (Lipinski definition) is 5. The van der Waals surface area contributed by atoms with Crippen molar-refractivity contribution in [2.75, 3.05) is 20.2 Å². The van der Waals surface area contributed by atoms with Crippen molar-refractivity contribution < 1.29 is 9.53 Å². The molecule has 0 aromatic heterocycles. The number of carbonyl (C=O) groups excluding carboxylic acids is 1. The first-order valence-corrected chi connectivity index (χ1v) is 7.90. The summed E-state index contributed by atoms with van der Waals surface area (Å²) in [7, 11) is 1.65. The molecule has 0 bridgehead atoms. The highest BCUT2D eigenvalue weighted by Gasteiger charge is 2.26. The van der Waals surface area contributed by atoms with Gasteiger partial charge in [-0.3, -0.25) is 4.79 Å². The van der Waals surface area contributed by atoms with Crippen LogP contribution in [-0.4, -0.2) is 36.5 Å². The highest BCUT2D eigenvalue weighted by atomic mass is 32.1. The molecule has 3 rings (SSSR count). The Bertz CT molecular complexity index is 776. The number of ether oxygens (including phenoxy) is 1. The molecule has 6 heteroatoms. The van der Waals surface area contributed by atoms with Crippen LogP contribution in [0, 0.1) is 0 Å². The van der Waals surface area contributed by atoms with Crippen LogP contribution >= 0.6 is 12.6 Å². The van der Waals surface area contributed by atoms with Gasteiger partial charge in [0.1, 0.15) is 11.2 Å². The molecule has 0 aliphatic carbocycles.